The van der Waals surface area contributed by atoms with Gasteiger partial charge >= 0.3 is 0 Å². The van der Waals surface area contributed by atoms with Crippen LogP contribution >= 0.6 is 0 Å². The van der Waals surface area contributed by atoms with Crippen molar-refractivity contribution in [3.63, 3.8) is 0 Å². The molecule has 0 saturated heterocycles. The number of hydrogen-bond acceptors (Lipinski definition) is 4. The number of aryl methyl sites for hydroxylation is 1. The van der Waals surface area contributed by atoms with Crippen LogP contribution in [0.1, 0.15) is 22.8 Å². The highest BCUT2D eigenvalue weighted by Gasteiger charge is 2.11. The number of ether oxygens (including phenoxy) is 2. The minimum atomic E-state index is -0.788. The average Bonchev–Trinajstić information content (AvgIpc) is 2.59. The van der Waals surface area contributed by atoms with Crippen LogP contribution in [0.3, 0.4) is 0 Å². The number of carbonyl (C=O) groups is 1. The maximum Gasteiger partial charge on any atom is 0.251 e. The predicted molar refractivity (Wildman–Crippen MR) is 92.6 cm³/mol. The summed E-state index contributed by atoms with van der Waals surface area (Å²) in [5, 5.41) is 12.7. The van der Waals surface area contributed by atoms with E-state index in [1.807, 2.05) is 38.1 Å². The molecule has 0 aliphatic rings. The van der Waals surface area contributed by atoms with Gasteiger partial charge in [-0.2, -0.15) is 0 Å². The van der Waals surface area contributed by atoms with Gasteiger partial charge in [-0.15, -0.1) is 0 Å². The second-order valence-corrected chi connectivity index (χ2v) is 5.40. The molecule has 2 aromatic carbocycles. The molecule has 0 fully saturated rings. The van der Waals surface area contributed by atoms with Crippen molar-refractivity contribution >= 4 is 5.91 Å². The van der Waals surface area contributed by atoms with Crippen LogP contribution < -0.4 is 14.8 Å². The van der Waals surface area contributed by atoms with E-state index in [1.54, 1.807) is 24.3 Å². The van der Waals surface area contributed by atoms with Gasteiger partial charge in [0, 0.05) is 12.1 Å². The van der Waals surface area contributed by atoms with Crippen LogP contribution in [0.4, 0.5) is 0 Å². The van der Waals surface area contributed by atoms with Crippen molar-refractivity contribution in [1.82, 2.24) is 5.32 Å². The molecular formula is C19H23NO4. The van der Waals surface area contributed by atoms with Crippen molar-refractivity contribution in [2.45, 2.75) is 20.0 Å². The fraction of sp³-hybridized carbons (Fsp3) is 0.316. The summed E-state index contributed by atoms with van der Waals surface area (Å²) in [6.45, 7) is 4.60. The number of benzene rings is 2. The lowest BCUT2D eigenvalue weighted by Crippen LogP contribution is -2.35. The molecule has 1 atom stereocenters. The van der Waals surface area contributed by atoms with Crippen molar-refractivity contribution in [1.29, 1.82) is 0 Å². The standard InChI is InChI=1S/C19H23NO4/c1-3-23-17-9-6-8-15(11-17)19(22)20-12-16(21)13-24-18-10-5-4-7-14(18)2/h4-11,16,21H,3,12-13H2,1-2H3,(H,20,22). The largest absolute Gasteiger partial charge is 0.494 e. The quantitative estimate of drug-likeness (QED) is 0.781. The molecular weight excluding hydrogens is 306 g/mol. The number of para-hydroxylation sites is 1. The lowest BCUT2D eigenvalue weighted by molar-refractivity contribution is 0.0842. The maximum absolute atomic E-state index is 12.1. The van der Waals surface area contributed by atoms with Gasteiger partial charge in [0.1, 0.15) is 24.2 Å². The number of amides is 1. The fourth-order valence-electron chi connectivity index (χ4n) is 2.17. The lowest BCUT2D eigenvalue weighted by atomic mass is 10.2. The van der Waals surface area contributed by atoms with Gasteiger partial charge in [0.15, 0.2) is 0 Å². The van der Waals surface area contributed by atoms with Crippen LogP contribution in [0.2, 0.25) is 0 Å². The van der Waals surface area contributed by atoms with Gasteiger partial charge in [0.05, 0.1) is 6.61 Å². The van der Waals surface area contributed by atoms with E-state index in [-0.39, 0.29) is 19.1 Å². The predicted octanol–water partition coefficient (Wildman–Crippen LogP) is 2.56. The van der Waals surface area contributed by atoms with E-state index in [0.29, 0.717) is 17.9 Å². The first-order valence-corrected chi connectivity index (χ1v) is 7.97. The molecule has 0 bridgehead atoms. The molecule has 1 unspecified atom stereocenters. The van der Waals surface area contributed by atoms with Gasteiger partial charge < -0.3 is 19.9 Å². The number of carbonyl (C=O) groups excluding carboxylic acids is 1. The van der Waals surface area contributed by atoms with Crippen molar-refractivity contribution in [3.05, 3.63) is 59.7 Å². The normalized spacial score (nSPS) is 11.6. The highest BCUT2D eigenvalue weighted by Crippen LogP contribution is 2.16. The fourth-order valence-corrected chi connectivity index (χ4v) is 2.17. The summed E-state index contributed by atoms with van der Waals surface area (Å²) < 4.78 is 10.9. The molecule has 0 aliphatic carbocycles. The van der Waals surface area contributed by atoms with E-state index in [0.717, 1.165) is 11.3 Å². The maximum atomic E-state index is 12.1. The summed E-state index contributed by atoms with van der Waals surface area (Å²) >= 11 is 0. The van der Waals surface area contributed by atoms with Crippen LogP contribution in [0.5, 0.6) is 11.5 Å². The van der Waals surface area contributed by atoms with Crippen LogP contribution in [0.25, 0.3) is 0 Å². The first kappa shape index (κ1) is 17.8. The first-order chi connectivity index (χ1) is 11.6. The number of nitrogens with one attached hydrogen (secondary N) is 1. The number of aliphatic hydroxyl groups is 1. The second-order valence-electron chi connectivity index (χ2n) is 5.40. The Morgan fingerprint density at radius 2 is 1.96 bits per heavy atom. The Balaban J connectivity index is 1.80. The van der Waals surface area contributed by atoms with Gasteiger partial charge in [-0.3, -0.25) is 4.79 Å². The van der Waals surface area contributed by atoms with E-state index >= 15 is 0 Å². The zero-order valence-corrected chi connectivity index (χ0v) is 14.0. The zero-order chi connectivity index (χ0) is 17.4. The minimum absolute atomic E-state index is 0.115. The van der Waals surface area contributed by atoms with Crippen molar-refractivity contribution < 1.29 is 19.4 Å². The van der Waals surface area contributed by atoms with Crippen molar-refractivity contribution in [2.24, 2.45) is 0 Å². The lowest BCUT2D eigenvalue weighted by Gasteiger charge is -2.14. The summed E-state index contributed by atoms with van der Waals surface area (Å²) in [4.78, 5) is 12.1. The Morgan fingerprint density at radius 1 is 1.17 bits per heavy atom. The third-order valence-corrected chi connectivity index (χ3v) is 3.43. The highest BCUT2D eigenvalue weighted by molar-refractivity contribution is 5.94. The van der Waals surface area contributed by atoms with Crippen molar-refractivity contribution in [3.8, 4) is 11.5 Å². The van der Waals surface area contributed by atoms with E-state index < -0.39 is 6.10 Å². The summed E-state index contributed by atoms with van der Waals surface area (Å²) in [7, 11) is 0. The van der Waals surface area contributed by atoms with E-state index in [4.69, 9.17) is 9.47 Å². The molecule has 0 saturated carbocycles. The second kappa shape index (κ2) is 8.93. The minimum Gasteiger partial charge on any atom is -0.494 e. The molecule has 0 aliphatic heterocycles. The first-order valence-electron chi connectivity index (χ1n) is 7.97. The molecule has 128 valence electrons. The molecule has 5 heteroatoms. The monoisotopic (exact) mass is 329 g/mol. The third kappa shape index (κ3) is 5.28. The zero-order valence-electron chi connectivity index (χ0n) is 14.0. The van der Waals surface area contributed by atoms with Gasteiger partial charge in [-0.1, -0.05) is 24.3 Å². The average molecular weight is 329 g/mol. The van der Waals surface area contributed by atoms with E-state index in [1.165, 1.54) is 0 Å². The molecule has 2 rings (SSSR count). The number of hydrogen-bond donors (Lipinski definition) is 2. The summed E-state index contributed by atoms with van der Waals surface area (Å²) in [5.74, 6) is 1.12. The number of rotatable bonds is 8. The summed E-state index contributed by atoms with van der Waals surface area (Å²) in [6, 6.07) is 14.5. The molecule has 2 N–H and O–H groups in total. The van der Waals surface area contributed by atoms with Crippen LogP contribution in [0.15, 0.2) is 48.5 Å². The van der Waals surface area contributed by atoms with Gasteiger partial charge in [-0.05, 0) is 43.7 Å². The van der Waals surface area contributed by atoms with E-state index in [2.05, 4.69) is 5.32 Å². The summed E-state index contributed by atoms with van der Waals surface area (Å²) in [5.41, 5.74) is 1.49. The van der Waals surface area contributed by atoms with Crippen LogP contribution in [-0.4, -0.2) is 36.9 Å². The highest BCUT2D eigenvalue weighted by atomic mass is 16.5. The van der Waals surface area contributed by atoms with E-state index in [9.17, 15) is 9.90 Å². The molecule has 5 nitrogen and oxygen atoms in total. The van der Waals surface area contributed by atoms with Crippen LogP contribution in [-0.2, 0) is 0 Å². The number of aliphatic hydroxyl groups excluding tert-OH is 1. The van der Waals surface area contributed by atoms with Gasteiger partial charge in [-0.25, -0.2) is 0 Å². The summed E-state index contributed by atoms with van der Waals surface area (Å²) in [6.07, 6.45) is -0.788. The van der Waals surface area contributed by atoms with Crippen molar-refractivity contribution in [2.75, 3.05) is 19.8 Å². The molecule has 0 aromatic heterocycles. The van der Waals surface area contributed by atoms with Gasteiger partial charge in [0.25, 0.3) is 5.91 Å². The Morgan fingerprint density at radius 3 is 2.71 bits per heavy atom. The SMILES string of the molecule is CCOc1cccc(C(=O)NCC(O)COc2ccccc2C)c1. The topological polar surface area (TPSA) is 67.8 Å². The molecule has 1 amide bonds. The molecule has 2 aromatic rings. The third-order valence-electron chi connectivity index (χ3n) is 3.43. The van der Waals surface area contributed by atoms with Crippen LogP contribution in [0, 0.1) is 6.92 Å². The Hall–Kier alpha value is -2.53. The smallest absolute Gasteiger partial charge is 0.251 e. The Bertz CT molecular complexity index is 672. The molecule has 0 heterocycles. The van der Waals surface area contributed by atoms with Gasteiger partial charge in [0.2, 0.25) is 0 Å². The molecule has 0 spiro atoms. The Labute approximate surface area is 142 Å². The molecule has 0 radical (unpaired) electrons. The molecule has 24 heavy (non-hydrogen) atoms. The Kier molecular flexibility index (Phi) is 6.63.